The summed E-state index contributed by atoms with van der Waals surface area (Å²) in [7, 11) is -0.786. The van der Waals surface area contributed by atoms with E-state index in [1.54, 1.807) is 37.4 Å². The van der Waals surface area contributed by atoms with Gasteiger partial charge in [0.2, 0.25) is 10.0 Å². The monoisotopic (exact) mass is 503 g/mol. The third-order valence-corrected chi connectivity index (χ3v) is 8.79. The number of halogens is 2. The quantitative estimate of drug-likeness (QED) is 0.553. The molecule has 2 aromatic rings. The molecule has 0 radical (unpaired) electrons. The van der Waals surface area contributed by atoms with Crippen LogP contribution in [0.15, 0.2) is 51.1 Å². The van der Waals surface area contributed by atoms with Crippen LogP contribution >= 0.6 is 35.0 Å². The zero-order valence-corrected chi connectivity index (χ0v) is 20.8. The lowest BCUT2D eigenvalue weighted by Crippen LogP contribution is -2.98. The summed E-state index contributed by atoms with van der Waals surface area (Å²) in [6.07, 6.45) is 3.54. The zero-order chi connectivity index (χ0) is 22.6. The minimum Gasteiger partial charge on any atom is -0.629 e. The number of quaternary nitrogens is 1. The number of hydroxylamine groups is 1. The normalized spacial score (nSPS) is 16.6. The molecule has 0 saturated carbocycles. The molecule has 6 nitrogen and oxygen atoms in total. The van der Waals surface area contributed by atoms with Crippen molar-refractivity contribution in [2.24, 2.45) is 0 Å². The Morgan fingerprint density at radius 2 is 1.74 bits per heavy atom. The van der Waals surface area contributed by atoms with Gasteiger partial charge >= 0.3 is 0 Å². The minimum atomic E-state index is -3.80. The van der Waals surface area contributed by atoms with E-state index in [0.717, 1.165) is 30.8 Å². The number of hydrogen-bond donors (Lipinski definition) is 1. The summed E-state index contributed by atoms with van der Waals surface area (Å²) in [4.78, 5) is 3.65. The molecule has 0 aromatic heterocycles. The lowest BCUT2D eigenvalue weighted by atomic mass is 10.1. The van der Waals surface area contributed by atoms with Crippen LogP contribution in [0.2, 0.25) is 10.0 Å². The standard InChI is InChI=1S/C21H27Cl2N3O3S2/c1-24(10-11-26-8-4-3-5-9-26)31(28,29)21-15-18(25(2)27)6-7-20(21)30-19-13-16(22)12-17(23)14-19/h6-7,12-15,25H,3-5,8-11H2,1-2H3. The number of piperidine rings is 1. The molecule has 0 bridgehead atoms. The number of benzene rings is 2. The second-order valence-corrected chi connectivity index (χ2v) is 11.7. The molecular formula is C21H27Cl2N3O3S2. The molecule has 1 atom stereocenters. The van der Waals surface area contributed by atoms with Gasteiger partial charge in [-0.25, -0.2) is 8.42 Å². The maximum Gasteiger partial charge on any atom is 0.244 e. The second kappa shape index (κ2) is 10.9. The maximum absolute atomic E-state index is 13.5. The molecule has 0 amide bonds. The van der Waals surface area contributed by atoms with Crippen molar-refractivity contribution in [3.63, 3.8) is 0 Å². The van der Waals surface area contributed by atoms with E-state index in [-0.39, 0.29) is 9.96 Å². The van der Waals surface area contributed by atoms with E-state index in [2.05, 4.69) is 4.90 Å². The molecule has 170 valence electrons. The molecule has 1 aliphatic heterocycles. The molecule has 10 heteroatoms. The SMILES string of the molecule is CN(CCN1CCCCC1)S(=O)(=O)c1cc([NH+](C)[O-])ccc1Sc1cc(Cl)cc(Cl)c1. The van der Waals surface area contributed by atoms with Gasteiger partial charge in [0.1, 0.15) is 10.6 Å². The highest BCUT2D eigenvalue weighted by molar-refractivity contribution is 8.00. The van der Waals surface area contributed by atoms with Gasteiger partial charge in [0.25, 0.3) is 0 Å². The lowest BCUT2D eigenvalue weighted by Gasteiger charge is -2.28. The van der Waals surface area contributed by atoms with E-state index in [9.17, 15) is 13.6 Å². The number of rotatable bonds is 8. The van der Waals surface area contributed by atoms with Crippen LogP contribution in [0.1, 0.15) is 19.3 Å². The summed E-state index contributed by atoms with van der Waals surface area (Å²) in [5.41, 5.74) is 0.358. The minimum absolute atomic E-state index is 0.113. The first-order valence-electron chi connectivity index (χ1n) is 10.1. The summed E-state index contributed by atoms with van der Waals surface area (Å²) in [6.45, 7) is 3.09. The molecule has 1 N–H and O–H groups in total. The van der Waals surface area contributed by atoms with Gasteiger partial charge in [-0.1, -0.05) is 41.4 Å². The number of nitrogens with one attached hydrogen (secondary N) is 1. The van der Waals surface area contributed by atoms with E-state index in [1.165, 1.54) is 35.6 Å². The number of likely N-dealkylation sites (tertiary alicyclic amines) is 1. The molecule has 3 rings (SSSR count). The van der Waals surface area contributed by atoms with Gasteiger partial charge in [0, 0.05) is 52.1 Å². The Morgan fingerprint density at radius 3 is 2.35 bits per heavy atom. The highest BCUT2D eigenvalue weighted by Gasteiger charge is 2.26. The highest BCUT2D eigenvalue weighted by Crippen LogP contribution is 2.37. The Morgan fingerprint density at radius 1 is 1.10 bits per heavy atom. The van der Waals surface area contributed by atoms with Crippen molar-refractivity contribution in [2.45, 2.75) is 33.9 Å². The molecule has 31 heavy (non-hydrogen) atoms. The molecule has 1 heterocycles. The molecule has 1 aliphatic rings. The Labute approximate surface area is 198 Å². The Kier molecular flexibility index (Phi) is 8.68. The molecule has 0 spiro atoms. The topological polar surface area (TPSA) is 68.1 Å². The van der Waals surface area contributed by atoms with E-state index in [0.29, 0.717) is 33.7 Å². The third kappa shape index (κ3) is 6.58. The molecule has 0 aliphatic carbocycles. The molecule has 1 fully saturated rings. The van der Waals surface area contributed by atoms with Crippen molar-refractivity contribution in [3.05, 3.63) is 51.7 Å². The van der Waals surface area contributed by atoms with E-state index in [4.69, 9.17) is 23.2 Å². The highest BCUT2D eigenvalue weighted by atomic mass is 35.5. The lowest BCUT2D eigenvalue weighted by molar-refractivity contribution is -0.751. The largest absolute Gasteiger partial charge is 0.629 e. The summed E-state index contributed by atoms with van der Waals surface area (Å²) in [6, 6.07) is 9.85. The van der Waals surface area contributed by atoms with Crippen LogP contribution in [0.3, 0.4) is 0 Å². The smallest absolute Gasteiger partial charge is 0.244 e. The van der Waals surface area contributed by atoms with Crippen molar-refractivity contribution >= 4 is 50.7 Å². The maximum atomic E-state index is 13.5. The van der Waals surface area contributed by atoms with Crippen molar-refractivity contribution in [1.29, 1.82) is 0 Å². The Balaban J connectivity index is 1.89. The Hall–Kier alpha value is -0.840. The van der Waals surface area contributed by atoms with Gasteiger partial charge in [-0.2, -0.15) is 4.31 Å². The van der Waals surface area contributed by atoms with E-state index in [1.807, 2.05) is 0 Å². The predicted molar refractivity (Wildman–Crippen MR) is 127 cm³/mol. The Bertz CT molecular complexity index is 993. The first kappa shape index (κ1) is 24.8. The summed E-state index contributed by atoms with van der Waals surface area (Å²) in [5.74, 6) is 0. The van der Waals surface area contributed by atoms with Crippen LogP contribution in [-0.4, -0.2) is 57.9 Å². The van der Waals surface area contributed by atoms with Crippen LogP contribution in [-0.2, 0) is 10.0 Å². The third-order valence-electron chi connectivity index (χ3n) is 5.28. The van der Waals surface area contributed by atoms with E-state index < -0.39 is 10.0 Å². The van der Waals surface area contributed by atoms with Crippen molar-refractivity contribution in [2.75, 3.05) is 40.3 Å². The van der Waals surface area contributed by atoms with Crippen LogP contribution in [0.5, 0.6) is 0 Å². The van der Waals surface area contributed by atoms with Crippen LogP contribution < -0.4 is 5.06 Å². The molecule has 1 unspecified atom stereocenters. The summed E-state index contributed by atoms with van der Waals surface area (Å²) < 4.78 is 28.3. The van der Waals surface area contributed by atoms with Gasteiger partial charge in [0.05, 0.1) is 7.05 Å². The van der Waals surface area contributed by atoms with Crippen LogP contribution in [0, 0.1) is 5.21 Å². The number of nitrogens with zero attached hydrogens (tertiary/aromatic N) is 2. The fourth-order valence-corrected chi connectivity index (χ4v) is 6.75. The molecule has 2 aromatic carbocycles. The first-order chi connectivity index (χ1) is 14.7. The number of sulfonamides is 1. The van der Waals surface area contributed by atoms with Crippen molar-refractivity contribution in [3.8, 4) is 0 Å². The van der Waals surface area contributed by atoms with Crippen molar-refractivity contribution < 1.29 is 13.5 Å². The van der Waals surface area contributed by atoms with Gasteiger partial charge in [-0.15, -0.1) is 0 Å². The van der Waals surface area contributed by atoms with Gasteiger partial charge in [0.15, 0.2) is 0 Å². The van der Waals surface area contributed by atoms with E-state index >= 15 is 0 Å². The van der Waals surface area contributed by atoms with Crippen molar-refractivity contribution in [1.82, 2.24) is 9.21 Å². The zero-order valence-electron chi connectivity index (χ0n) is 17.6. The average molecular weight is 505 g/mol. The predicted octanol–water partition coefficient (Wildman–Crippen LogP) is 3.90. The summed E-state index contributed by atoms with van der Waals surface area (Å²) in [5, 5.41) is 12.7. The fourth-order valence-electron chi connectivity index (χ4n) is 3.48. The van der Waals surface area contributed by atoms with Gasteiger partial charge in [-0.3, -0.25) is 0 Å². The average Bonchev–Trinajstić information content (AvgIpc) is 2.72. The first-order valence-corrected chi connectivity index (χ1v) is 13.2. The molecule has 1 saturated heterocycles. The van der Waals surface area contributed by atoms with Crippen LogP contribution in [0.4, 0.5) is 5.69 Å². The second-order valence-electron chi connectivity index (χ2n) is 7.65. The van der Waals surface area contributed by atoms with Gasteiger partial charge < -0.3 is 15.2 Å². The number of hydrogen-bond acceptors (Lipinski definition) is 5. The van der Waals surface area contributed by atoms with Gasteiger partial charge in [-0.05, 0) is 50.2 Å². The van der Waals surface area contributed by atoms with Crippen LogP contribution in [0.25, 0.3) is 0 Å². The molecular weight excluding hydrogens is 477 g/mol. The number of likely N-dealkylation sites (N-methyl/N-ethyl adjacent to an activating group) is 1. The summed E-state index contributed by atoms with van der Waals surface area (Å²) >= 11 is 13.5. The fraction of sp³-hybridized carbons (Fsp3) is 0.429.